The van der Waals surface area contributed by atoms with Gasteiger partial charge in [-0.15, -0.1) is 0 Å². The van der Waals surface area contributed by atoms with Crippen LogP contribution in [0.3, 0.4) is 0 Å². The molecule has 2 fully saturated rings. The highest BCUT2D eigenvalue weighted by molar-refractivity contribution is 8.13. The van der Waals surface area contributed by atoms with Crippen LogP contribution in [0.15, 0.2) is 4.99 Å². The van der Waals surface area contributed by atoms with Crippen LogP contribution in [0.4, 0.5) is 0 Å². The lowest BCUT2D eigenvalue weighted by molar-refractivity contribution is -0.122. The van der Waals surface area contributed by atoms with Gasteiger partial charge in [-0.05, 0) is 24.7 Å². The number of hydrogen-bond acceptors (Lipinski definition) is 4. The van der Waals surface area contributed by atoms with Crippen LogP contribution in [-0.4, -0.2) is 36.0 Å². The molecule has 0 aromatic heterocycles. The summed E-state index contributed by atoms with van der Waals surface area (Å²) in [7, 11) is 0. The molecule has 5 heteroatoms. The van der Waals surface area contributed by atoms with Crippen LogP contribution in [0.2, 0.25) is 0 Å². The first kappa shape index (κ1) is 12.3. The Bertz CT molecular complexity index is 353. The van der Waals surface area contributed by atoms with Gasteiger partial charge in [-0.3, -0.25) is 9.79 Å². The van der Waals surface area contributed by atoms with E-state index < -0.39 is 0 Å². The quantitative estimate of drug-likeness (QED) is 0.757. The summed E-state index contributed by atoms with van der Waals surface area (Å²) >= 11 is 1.88. The molecule has 1 unspecified atom stereocenters. The number of hydrogen-bond donors (Lipinski definition) is 2. The molecule has 3 aliphatic rings. The van der Waals surface area contributed by atoms with Crippen molar-refractivity contribution in [1.29, 1.82) is 0 Å². The van der Waals surface area contributed by atoms with E-state index in [1.54, 1.807) is 0 Å². The Hall–Kier alpha value is -0.710. The fraction of sp³-hybridized carbons (Fsp3) is 0.846. The Morgan fingerprint density at radius 2 is 2.22 bits per heavy atom. The second kappa shape index (κ2) is 5.11. The predicted molar refractivity (Wildman–Crippen MR) is 74.8 cm³/mol. The van der Waals surface area contributed by atoms with Gasteiger partial charge < -0.3 is 10.6 Å². The molecule has 2 aliphatic heterocycles. The smallest absolute Gasteiger partial charge is 0.220 e. The lowest BCUT2D eigenvalue weighted by atomic mass is 9.89. The van der Waals surface area contributed by atoms with Crippen LogP contribution in [0.25, 0.3) is 0 Å². The predicted octanol–water partition coefficient (Wildman–Crippen LogP) is 1.52. The summed E-state index contributed by atoms with van der Waals surface area (Å²) in [6.45, 7) is 1.74. The van der Waals surface area contributed by atoms with Gasteiger partial charge in [0.15, 0.2) is 5.17 Å². The van der Waals surface area contributed by atoms with Crippen molar-refractivity contribution in [2.24, 2.45) is 10.4 Å². The average molecular weight is 267 g/mol. The molecule has 1 amide bonds. The Morgan fingerprint density at radius 1 is 1.39 bits per heavy atom. The number of carbonyl (C=O) groups excluding carboxylic acids is 1. The molecule has 0 radical (unpaired) electrons. The van der Waals surface area contributed by atoms with Gasteiger partial charge in [0.05, 0.1) is 0 Å². The van der Waals surface area contributed by atoms with E-state index >= 15 is 0 Å². The number of rotatable bonds is 1. The summed E-state index contributed by atoms with van der Waals surface area (Å²) in [6.07, 6.45) is 7.05. The van der Waals surface area contributed by atoms with Gasteiger partial charge in [-0.25, -0.2) is 0 Å². The van der Waals surface area contributed by atoms with Crippen molar-refractivity contribution < 1.29 is 4.79 Å². The van der Waals surface area contributed by atoms with Gasteiger partial charge in [0.2, 0.25) is 5.91 Å². The molecule has 100 valence electrons. The molecule has 1 atom stereocenters. The minimum atomic E-state index is 0.177. The van der Waals surface area contributed by atoms with Crippen molar-refractivity contribution >= 4 is 22.8 Å². The van der Waals surface area contributed by atoms with Gasteiger partial charge in [0.25, 0.3) is 0 Å². The van der Waals surface area contributed by atoms with E-state index in [1.165, 1.54) is 31.4 Å². The topological polar surface area (TPSA) is 53.5 Å². The molecular weight excluding hydrogens is 246 g/mol. The standard InChI is InChI=1S/C13H21N3OS/c17-11-4-3-10(7-14-11)16-12-15-8-13(9-18-12)5-1-2-6-13/h10H,1-9H2,(H,14,17)(H,15,16). The second-order valence-electron chi connectivity index (χ2n) is 5.80. The molecule has 18 heavy (non-hydrogen) atoms. The van der Waals surface area contributed by atoms with Crippen LogP contribution >= 0.6 is 11.8 Å². The Morgan fingerprint density at radius 3 is 2.83 bits per heavy atom. The van der Waals surface area contributed by atoms with Crippen LogP contribution in [0, 0.1) is 5.41 Å². The minimum absolute atomic E-state index is 0.177. The second-order valence-corrected chi connectivity index (χ2v) is 6.77. The monoisotopic (exact) mass is 267 g/mol. The molecule has 0 aromatic rings. The third-order valence-corrected chi connectivity index (χ3v) is 5.61. The van der Waals surface area contributed by atoms with Gasteiger partial charge in [-0.1, -0.05) is 24.6 Å². The van der Waals surface area contributed by atoms with E-state index in [2.05, 4.69) is 10.6 Å². The van der Waals surface area contributed by atoms with Crippen LogP contribution < -0.4 is 10.6 Å². The average Bonchev–Trinajstić information content (AvgIpc) is 2.84. The highest BCUT2D eigenvalue weighted by Crippen LogP contribution is 2.43. The van der Waals surface area contributed by atoms with E-state index in [1.807, 2.05) is 11.8 Å². The number of amides is 1. The normalized spacial score (nSPS) is 31.0. The third kappa shape index (κ3) is 2.66. The molecule has 1 saturated heterocycles. The summed E-state index contributed by atoms with van der Waals surface area (Å²) in [5, 5.41) is 7.48. The molecule has 2 heterocycles. The lowest BCUT2D eigenvalue weighted by Gasteiger charge is -2.33. The van der Waals surface area contributed by atoms with Gasteiger partial charge in [0, 0.05) is 31.3 Å². The van der Waals surface area contributed by atoms with Crippen LogP contribution in [0.1, 0.15) is 38.5 Å². The van der Waals surface area contributed by atoms with Crippen LogP contribution in [-0.2, 0) is 4.79 Å². The highest BCUT2D eigenvalue weighted by Gasteiger charge is 2.36. The van der Waals surface area contributed by atoms with Crippen molar-refractivity contribution in [2.75, 3.05) is 18.8 Å². The molecular formula is C13H21N3OS. The first-order valence-corrected chi connectivity index (χ1v) is 7.95. The van der Waals surface area contributed by atoms with Gasteiger partial charge in [0.1, 0.15) is 0 Å². The van der Waals surface area contributed by atoms with E-state index in [0.717, 1.165) is 24.7 Å². The minimum Gasteiger partial charge on any atom is -0.360 e. The third-order valence-electron chi connectivity index (χ3n) is 4.33. The Kier molecular flexibility index (Phi) is 3.50. The fourth-order valence-corrected chi connectivity index (χ4v) is 4.33. The molecule has 1 aliphatic carbocycles. The number of carbonyl (C=O) groups is 1. The summed E-state index contributed by atoms with van der Waals surface area (Å²) in [5.41, 5.74) is 0.511. The summed E-state index contributed by atoms with van der Waals surface area (Å²) in [5.74, 6) is 1.40. The molecule has 3 rings (SSSR count). The maximum Gasteiger partial charge on any atom is 0.220 e. The molecule has 0 aromatic carbocycles. The number of thioether (sulfide) groups is 1. The van der Waals surface area contributed by atoms with E-state index in [-0.39, 0.29) is 5.91 Å². The first-order chi connectivity index (χ1) is 8.76. The molecule has 2 N–H and O–H groups in total. The zero-order chi connectivity index (χ0) is 12.4. The highest BCUT2D eigenvalue weighted by atomic mass is 32.2. The fourth-order valence-electron chi connectivity index (χ4n) is 3.10. The summed E-state index contributed by atoms with van der Waals surface area (Å²) < 4.78 is 0. The summed E-state index contributed by atoms with van der Waals surface area (Å²) in [6, 6.07) is 0.367. The van der Waals surface area contributed by atoms with Crippen molar-refractivity contribution in [1.82, 2.24) is 10.6 Å². The number of nitrogens with zero attached hydrogens (tertiary/aromatic N) is 1. The molecule has 1 spiro atoms. The van der Waals surface area contributed by atoms with Crippen molar-refractivity contribution in [3.05, 3.63) is 0 Å². The number of amidine groups is 1. The maximum atomic E-state index is 11.1. The van der Waals surface area contributed by atoms with Crippen molar-refractivity contribution in [3.8, 4) is 0 Å². The van der Waals surface area contributed by atoms with Crippen molar-refractivity contribution in [2.45, 2.75) is 44.6 Å². The lowest BCUT2D eigenvalue weighted by Crippen LogP contribution is -2.48. The largest absolute Gasteiger partial charge is 0.360 e. The van der Waals surface area contributed by atoms with E-state index in [0.29, 0.717) is 17.9 Å². The van der Waals surface area contributed by atoms with E-state index in [9.17, 15) is 4.79 Å². The summed E-state index contributed by atoms with van der Waals surface area (Å²) in [4.78, 5) is 15.8. The van der Waals surface area contributed by atoms with Gasteiger partial charge in [-0.2, -0.15) is 0 Å². The van der Waals surface area contributed by atoms with Gasteiger partial charge >= 0.3 is 0 Å². The number of nitrogens with one attached hydrogen (secondary N) is 2. The maximum absolute atomic E-state index is 11.1. The molecule has 4 nitrogen and oxygen atoms in total. The molecule has 0 bridgehead atoms. The number of aliphatic imine (C=N–C) groups is 1. The Labute approximate surface area is 112 Å². The first-order valence-electron chi connectivity index (χ1n) is 6.96. The number of piperidine rings is 1. The van der Waals surface area contributed by atoms with E-state index in [4.69, 9.17) is 4.99 Å². The molecule has 1 saturated carbocycles. The zero-order valence-corrected chi connectivity index (χ0v) is 11.5. The van der Waals surface area contributed by atoms with Crippen molar-refractivity contribution in [3.63, 3.8) is 0 Å². The Balaban J connectivity index is 1.52. The zero-order valence-electron chi connectivity index (χ0n) is 10.7. The van der Waals surface area contributed by atoms with Crippen LogP contribution in [0.5, 0.6) is 0 Å². The SMILES string of the molecule is O=C1CCC(NC2=NCC3(CCCC3)CS2)CN1.